The van der Waals surface area contributed by atoms with Crippen LogP contribution in [0, 0.1) is 0 Å². The average molecular weight is 394 g/mol. The summed E-state index contributed by atoms with van der Waals surface area (Å²) in [5.41, 5.74) is 10.2. The van der Waals surface area contributed by atoms with Gasteiger partial charge in [-0.25, -0.2) is 9.80 Å². The highest BCUT2D eigenvalue weighted by molar-refractivity contribution is 6.14. The third-order valence-corrected chi connectivity index (χ3v) is 5.19. The number of hydrogen-bond donors (Lipinski definition) is 2. The highest BCUT2D eigenvalue weighted by Crippen LogP contribution is 2.37. The summed E-state index contributed by atoms with van der Waals surface area (Å²) in [6.07, 6.45) is 2.62. The Morgan fingerprint density at radius 1 is 1.24 bits per heavy atom. The first-order valence-electron chi connectivity index (χ1n) is 10.0. The number of urea groups is 1. The number of nitrogen functional groups attached to an aromatic ring is 1. The van der Waals surface area contributed by atoms with Crippen LogP contribution in [-0.2, 0) is 6.42 Å². The molecule has 0 saturated carbocycles. The van der Waals surface area contributed by atoms with Crippen LogP contribution >= 0.6 is 0 Å². The van der Waals surface area contributed by atoms with E-state index in [0.717, 1.165) is 35.3 Å². The van der Waals surface area contributed by atoms with Crippen LogP contribution in [-0.4, -0.2) is 36.1 Å². The Hall–Kier alpha value is -3.22. The van der Waals surface area contributed by atoms with E-state index in [4.69, 9.17) is 20.3 Å². The van der Waals surface area contributed by atoms with Gasteiger partial charge in [-0.05, 0) is 49.6 Å². The van der Waals surface area contributed by atoms with E-state index in [2.05, 4.69) is 12.2 Å². The van der Waals surface area contributed by atoms with Gasteiger partial charge in [0.2, 0.25) is 6.79 Å². The Bertz CT molecular complexity index is 940. The van der Waals surface area contributed by atoms with Crippen molar-refractivity contribution in [3.8, 4) is 11.5 Å². The zero-order chi connectivity index (χ0) is 20.4. The van der Waals surface area contributed by atoms with E-state index in [1.807, 2.05) is 43.3 Å². The molecule has 0 bridgehead atoms. The summed E-state index contributed by atoms with van der Waals surface area (Å²) in [5.74, 6) is 1.42. The highest BCUT2D eigenvalue weighted by atomic mass is 16.7. The van der Waals surface area contributed by atoms with Gasteiger partial charge in [-0.3, -0.25) is 0 Å². The molecule has 152 valence electrons. The average Bonchev–Trinajstić information content (AvgIpc) is 3.11. The fourth-order valence-electron chi connectivity index (χ4n) is 3.59. The van der Waals surface area contributed by atoms with Crippen molar-refractivity contribution in [2.45, 2.75) is 39.2 Å². The lowest BCUT2D eigenvalue weighted by atomic mass is 9.94. The number of carbonyl (C=O) groups is 1. The van der Waals surface area contributed by atoms with E-state index in [1.54, 1.807) is 5.01 Å². The largest absolute Gasteiger partial charge is 0.454 e. The lowest BCUT2D eigenvalue weighted by Gasteiger charge is -2.23. The molecule has 2 heterocycles. The number of nitrogens with zero attached hydrogens (tertiary/aromatic N) is 2. The molecule has 3 N–H and O–H groups in total. The topological polar surface area (TPSA) is 89.2 Å². The number of amides is 2. The number of hydrazone groups is 1. The van der Waals surface area contributed by atoms with E-state index >= 15 is 0 Å². The summed E-state index contributed by atoms with van der Waals surface area (Å²) in [6, 6.07) is 11.2. The Labute approximate surface area is 170 Å². The van der Waals surface area contributed by atoms with Gasteiger partial charge in [0.05, 0.1) is 11.8 Å². The van der Waals surface area contributed by atoms with Crippen LogP contribution in [0.15, 0.2) is 41.5 Å². The van der Waals surface area contributed by atoms with E-state index in [-0.39, 0.29) is 18.9 Å². The number of fused-ring (bicyclic) bond motifs is 2. The fourth-order valence-corrected chi connectivity index (χ4v) is 3.59. The van der Waals surface area contributed by atoms with E-state index < -0.39 is 0 Å². The first-order chi connectivity index (χ1) is 14.1. The molecule has 0 fully saturated rings. The summed E-state index contributed by atoms with van der Waals surface area (Å²) in [5, 5.41) is 9.33. The molecule has 2 amide bonds. The number of rotatable bonds is 4. The second-order valence-corrected chi connectivity index (χ2v) is 7.42. The van der Waals surface area contributed by atoms with Crippen molar-refractivity contribution in [2.75, 3.05) is 19.1 Å². The van der Waals surface area contributed by atoms with Crippen molar-refractivity contribution < 1.29 is 14.3 Å². The maximum absolute atomic E-state index is 12.9. The molecular formula is C22H26N4O3. The number of carbonyl (C=O) groups excluding carboxylic acids is 1. The molecule has 0 aliphatic carbocycles. The van der Waals surface area contributed by atoms with Gasteiger partial charge >= 0.3 is 6.03 Å². The number of nitrogens with two attached hydrogens (primary N) is 1. The second kappa shape index (κ2) is 8.03. The predicted octanol–water partition coefficient (Wildman–Crippen LogP) is 3.51. The maximum atomic E-state index is 12.9. The zero-order valence-electron chi connectivity index (χ0n) is 16.8. The van der Waals surface area contributed by atoms with Gasteiger partial charge in [-0.1, -0.05) is 25.5 Å². The molecule has 7 nitrogen and oxygen atoms in total. The van der Waals surface area contributed by atoms with Crippen molar-refractivity contribution in [3.05, 3.63) is 53.1 Å². The Balaban J connectivity index is 1.78. The molecule has 0 radical (unpaired) electrons. The molecule has 0 saturated heterocycles. The minimum atomic E-state index is -0.188. The third-order valence-electron chi connectivity index (χ3n) is 5.19. The normalized spacial score (nSPS) is 17.4. The number of hydrogen-bond acceptors (Lipinski definition) is 5. The predicted molar refractivity (Wildman–Crippen MR) is 112 cm³/mol. The van der Waals surface area contributed by atoms with Gasteiger partial charge in [0.1, 0.15) is 0 Å². The highest BCUT2D eigenvalue weighted by Gasteiger charge is 2.29. The third kappa shape index (κ3) is 3.85. The van der Waals surface area contributed by atoms with E-state index in [9.17, 15) is 4.79 Å². The molecule has 2 aromatic rings. The van der Waals surface area contributed by atoms with Crippen LogP contribution in [0.2, 0.25) is 0 Å². The molecule has 2 aliphatic rings. The lowest BCUT2D eigenvalue weighted by molar-refractivity contribution is 0.174. The van der Waals surface area contributed by atoms with Gasteiger partial charge in [-0.15, -0.1) is 0 Å². The Morgan fingerprint density at radius 3 is 2.69 bits per heavy atom. The van der Waals surface area contributed by atoms with Crippen LogP contribution in [0.1, 0.15) is 43.4 Å². The van der Waals surface area contributed by atoms with Crippen LogP contribution in [0.3, 0.4) is 0 Å². The maximum Gasteiger partial charge on any atom is 0.338 e. The van der Waals surface area contributed by atoms with Crippen LogP contribution in [0.5, 0.6) is 11.5 Å². The molecule has 0 spiro atoms. The summed E-state index contributed by atoms with van der Waals surface area (Å²) < 4.78 is 11.2. The minimum Gasteiger partial charge on any atom is -0.454 e. The molecule has 0 aromatic heterocycles. The molecule has 29 heavy (non-hydrogen) atoms. The fraction of sp³-hybridized carbons (Fsp3) is 0.364. The number of unbranched alkanes of at least 4 members (excludes halogenated alkanes) is 1. The lowest BCUT2D eigenvalue weighted by Crippen LogP contribution is -2.42. The first kappa shape index (κ1) is 19.1. The molecule has 2 aromatic carbocycles. The molecule has 1 unspecified atom stereocenters. The van der Waals surface area contributed by atoms with Crippen molar-refractivity contribution >= 4 is 17.4 Å². The molecule has 4 rings (SSSR count). The monoisotopic (exact) mass is 394 g/mol. The van der Waals surface area contributed by atoms with Gasteiger partial charge in [0, 0.05) is 23.4 Å². The van der Waals surface area contributed by atoms with Crippen molar-refractivity contribution in [1.29, 1.82) is 0 Å². The van der Waals surface area contributed by atoms with Crippen molar-refractivity contribution in [1.82, 2.24) is 10.3 Å². The smallest absolute Gasteiger partial charge is 0.338 e. The number of benzene rings is 2. The van der Waals surface area contributed by atoms with Crippen molar-refractivity contribution in [2.24, 2.45) is 5.10 Å². The van der Waals surface area contributed by atoms with Crippen LogP contribution < -0.4 is 20.5 Å². The van der Waals surface area contributed by atoms with Gasteiger partial charge in [0.15, 0.2) is 11.5 Å². The Morgan fingerprint density at radius 2 is 1.97 bits per heavy atom. The van der Waals surface area contributed by atoms with Gasteiger partial charge in [0.25, 0.3) is 0 Å². The second-order valence-electron chi connectivity index (χ2n) is 7.42. The minimum absolute atomic E-state index is 0.109. The van der Waals surface area contributed by atoms with Gasteiger partial charge < -0.3 is 20.5 Å². The van der Waals surface area contributed by atoms with Crippen molar-refractivity contribution in [3.63, 3.8) is 0 Å². The number of anilines is 1. The number of nitrogens with one attached hydrogen (secondary N) is 1. The standard InChI is InChI=1S/C22H26N4O3/c1-3-4-9-24-22(27)26-14(2)10-16-11-19-20(29-13-28-19)12-18(16)21(25-26)15-5-7-17(23)8-6-15/h5-8,11-12,14H,3-4,9-10,13,23H2,1-2H3,(H,24,27). The zero-order valence-corrected chi connectivity index (χ0v) is 16.8. The Kier molecular flexibility index (Phi) is 5.29. The molecular weight excluding hydrogens is 368 g/mol. The summed E-state index contributed by atoms with van der Waals surface area (Å²) in [4.78, 5) is 12.9. The van der Waals surface area contributed by atoms with Gasteiger partial charge in [-0.2, -0.15) is 5.10 Å². The van der Waals surface area contributed by atoms with E-state index in [1.165, 1.54) is 0 Å². The first-order valence-corrected chi connectivity index (χ1v) is 10.0. The molecule has 1 atom stereocenters. The van der Waals surface area contributed by atoms with Crippen LogP contribution in [0.4, 0.5) is 10.5 Å². The quantitative estimate of drug-likeness (QED) is 0.613. The molecule has 7 heteroatoms. The number of ether oxygens (including phenoxy) is 2. The van der Waals surface area contributed by atoms with E-state index in [0.29, 0.717) is 30.1 Å². The summed E-state index contributed by atoms with van der Waals surface area (Å²) in [6.45, 7) is 4.95. The molecule has 2 aliphatic heterocycles. The van der Waals surface area contributed by atoms with Crippen LogP contribution in [0.25, 0.3) is 0 Å². The summed E-state index contributed by atoms with van der Waals surface area (Å²) >= 11 is 0. The summed E-state index contributed by atoms with van der Waals surface area (Å²) in [7, 11) is 0. The SMILES string of the molecule is CCCCNC(=O)N1N=C(c2ccc(N)cc2)c2cc3c(cc2CC1C)OCO3.